The summed E-state index contributed by atoms with van der Waals surface area (Å²) in [6.07, 6.45) is 3.75. The molecule has 6 heteroatoms. The molecule has 0 spiro atoms. The third kappa shape index (κ3) is 4.03. The van der Waals surface area contributed by atoms with Crippen LogP contribution < -0.4 is 0 Å². The van der Waals surface area contributed by atoms with Crippen molar-refractivity contribution in [3.63, 3.8) is 0 Å². The van der Waals surface area contributed by atoms with Gasteiger partial charge in [0.2, 0.25) is 11.8 Å². The van der Waals surface area contributed by atoms with E-state index in [4.69, 9.17) is 0 Å². The molecule has 2 saturated heterocycles. The molecule has 23 heavy (non-hydrogen) atoms. The van der Waals surface area contributed by atoms with E-state index in [1.807, 2.05) is 20.8 Å². The summed E-state index contributed by atoms with van der Waals surface area (Å²) in [4.78, 5) is 40.0. The summed E-state index contributed by atoms with van der Waals surface area (Å²) in [6, 6.07) is -0.704. The molecule has 2 heterocycles. The monoisotopic (exact) mass is 324 g/mol. The van der Waals surface area contributed by atoms with Gasteiger partial charge in [0.25, 0.3) is 0 Å². The summed E-state index contributed by atoms with van der Waals surface area (Å²) in [7, 11) is 0. The Labute approximate surface area is 137 Å². The Morgan fingerprint density at radius 3 is 2.30 bits per heavy atom. The lowest BCUT2D eigenvalue weighted by atomic mass is 9.90. The largest absolute Gasteiger partial charge is 0.480 e. The van der Waals surface area contributed by atoms with E-state index in [9.17, 15) is 19.5 Å². The zero-order valence-electron chi connectivity index (χ0n) is 14.4. The number of aliphatic carboxylic acids is 1. The highest BCUT2D eigenvalue weighted by Crippen LogP contribution is 2.27. The van der Waals surface area contributed by atoms with Gasteiger partial charge in [-0.2, -0.15) is 0 Å². The Bertz CT molecular complexity index is 483. The van der Waals surface area contributed by atoms with Crippen LogP contribution >= 0.6 is 0 Å². The summed E-state index contributed by atoms with van der Waals surface area (Å²) in [5.41, 5.74) is -0.459. The predicted molar refractivity (Wildman–Crippen MR) is 85.7 cm³/mol. The molecule has 130 valence electrons. The molecule has 0 saturated carbocycles. The average Bonchev–Trinajstić information content (AvgIpc) is 2.52. The molecule has 0 unspecified atom stereocenters. The smallest absolute Gasteiger partial charge is 0.326 e. The molecule has 2 aliphatic rings. The molecule has 2 rings (SSSR count). The molecular formula is C17H28N2O4. The van der Waals surface area contributed by atoms with Crippen LogP contribution in [0.5, 0.6) is 0 Å². The number of carboxylic acids is 1. The highest BCUT2D eigenvalue weighted by molar-refractivity contribution is 5.87. The third-order valence-corrected chi connectivity index (χ3v) is 4.77. The fourth-order valence-corrected chi connectivity index (χ4v) is 3.52. The minimum atomic E-state index is -0.920. The van der Waals surface area contributed by atoms with Crippen molar-refractivity contribution in [1.29, 1.82) is 0 Å². The Morgan fingerprint density at radius 2 is 1.70 bits per heavy atom. The first-order valence-electron chi connectivity index (χ1n) is 8.54. The molecule has 2 fully saturated rings. The second kappa shape index (κ2) is 6.89. The minimum Gasteiger partial charge on any atom is -0.480 e. The fraction of sp³-hybridized carbons (Fsp3) is 0.824. The number of piperidine rings is 2. The first-order chi connectivity index (χ1) is 10.7. The first-order valence-corrected chi connectivity index (χ1v) is 8.54. The number of likely N-dealkylation sites (tertiary alicyclic amines) is 2. The molecular weight excluding hydrogens is 296 g/mol. The van der Waals surface area contributed by atoms with E-state index < -0.39 is 17.4 Å². The van der Waals surface area contributed by atoms with Gasteiger partial charge in [0, 0.05) is 25.0 Å². The Morgan fingerprint density at radius 1 is 1.00 bits per heavy atom. The van der Waals surface area contributed by atoms with Gasteiger partial charge < -0.3 is 14.9 Å². The molecule has 1 N–H and O–H groups in total. The molecule has 2 atom stereocenters. The summed E-state index contributed by atoms with van der Waals surface area (Å²) >= 11 is 0. The van der Waals surface area contributed by atoms with E-state index in [0.29, 0.717) is 26.1 Å². The van der Waals surface area contributed by atoms with Crippen LogP contribution in [0.15, 0.2) is 0 Å². The number of amides is 2. The normalized spacial score (nSPS) is 26.0. The Balaban J connectivity index is 2.06. The zero-order valence-corrected chi connectivity index (χ0v) is 14.4. The highest BCUT2D eigenvalue weighted by atomic mass is 16.4. The van der Waals surface area contributed by atoms with Crippen molar-refractivity contribution in [2.24, 2.45) is 11.3 Å². The van der Waals surface area contributed by atoms with Crippen molar-refractivity contribution in [2.75, 3.05) is 19.6 Å². The van der Waals surface area contributed by atoms with Gasteiger partial charge in [-0.1, -0.05) is 20.8 Å². The predicted octanol–water partition coefficient (Wildman–Crippen LogP) is 1.74. The van der Waals surface area contributed by atoms with Crippen molar-refractivity contribution in [2.45, 2.75) is 58.9 Å². The average molecular weight is 324 g/mol. The van der Waals surface area contributed by atoms with Crippen LogP contribution in [0, 0.1) is 11.3 Å². The number of carbonyl (C=O) groups excluding carboxylic acids is 2. The van der Waals surface area contributed by atoms with E-state index in [0.717, 1.165) is 25.7 Å². The molecule has 0 aromatic rings. The van der Waals surface area contributed by atoms with E-state index >= 15 is 0 Å². The number of hydrogen-bond donors (Lipinski definition) is 1. The third-order valence-electron chi connectivity index (χ3n) is 4.77. The summed E-state index contributed by atoms with van der Waals surface area (Å²) in [5, 5.41) is 9.34. The zero-order chi connectivity index (χ0) is 17.2. The molecule has 0 aliphatic carbocycles. The van der Waals surface area contributed by atoms with Gasteiger partial charge in [0.1, 0.15) is 6.04 Å². The van der Waals surface area contributed by atoms with Gasteiger partial charge >= 0.3 is 5.97 Å². The molecule has 0 bridgehead atoms. The maximum absolute atomic E-state index is 12.8. The van der Waals surface area contributed by atoms with Crippen molar-refractivity contribution < 1.29 is 19.5 Å². The molecule has 6 nitrogen and oxygen atoms in total. The summed E-state index contributed by atoms with van der Waals surface area (Å²) in [6.45, 7) is 7.25. The summed E-state index contributed by atoms with van der Waals surface area (Å²) < 4.78 is 0. The van der Waals surface area contributed by atoms with E-state index in [1.54, 1.807) is 4.90 Å². The van der Waals surface area contributed by atoms with Crippen molar-refractivity contribution >= 4 is 17.8 Å². The second-order valence-electron chi connectivity index (χ2n) is 7.72. The number of rotatable bonds is 2. The maximum atomic E-state index is 12.8. The van der Waals surface area contributed by atoms with E-state index in [2.05, 4.69) is 0 Å². The molecule has 0 radical (unpaired) electrons. The quantitative estimate of drug-likeness (QED) is 0.839. The molecule has 0 aromatic heterocycles. The van der Waals surface area contributed by atoms with Crippen molar-refractivity contribution in [3.05, 3.63) is 0 Å². The molecule has 2 amide bonds. The Kier molecular flexibility index (Phi) is 5.32. The van der Waals surface area contributed by atoms with Gasteiger partial charge in [0.05, 0.1) is 5.92 Å². The van der Waals surface area contributed by atoms with Crippen LogP contribution in [0.1, 0.15) is 52.9 Å². The minimum absolute atomic E-state index is 0.0587. The van der Waals surface area contributed by atoms with Crippen LogP contribution in [0.4, 0.5) is 0 Å². The topological polar surface area (TPSA) is 77.9 Å². The van der Waals surface area contributed by atoms with Crippen LogP contribution in [-0.2, 0) is 14.4 Å². The lowest BCUT2D eigenvalue weighted by molar-refractivity contribution is -0.156. The van der Waals surface area contributed by atoms with Crippen molar-refractivity contribution in [3.8, 4) is 0 Å². The number of nitrogens with zero attached hydrogens (tertiary/aromatic N) is 2. The first kappa shape index (κ1) is 17.8. The lowest BCUT2D eigenvalue weighted by Crippen LogP contribution is -2.54. The van der Waals surface area contributed by atoms with Gasteiger partial charge in [-0.25, -0.2) is 4.79 Å². The van der Waals surface area contributed by atoms with E-state index in [-0.39, 0.29) is 17.7 Å². The van der Waals surface area contributed by atoms with Crippen LogP contribution in [0.25, 0.3) is 0 Å². The highest BCUT2D eigenvalue weighted by Gasteiger charge is 2.38. The SMILES string of the molecule is CC(C)(C)C(=O)N1CCC[C@H](C(=O)N2CCCC[C@@H]2C(=O)O)C1. The van der Waals surface area contributed by atoms with Crippen LogP contribution in [0.2, 0.25) is 0 Å². The molecule has 0 aromatic carbocycles. The van der Waals surface area contributed by atoms with Crippen molar-refractivity contribution in [1.82, 2.24) is 9.80 Å². The molecule has 2 aliphatic heterocycles. The van der Waals surface area contributed by atoms with Gasteiger partial charge in [-0.15, -0.1) is 0 Å². The fourth-order valence-electron chi connectivity index (χ4n) is 3.52. The van der Waals surface area contributed by atoms with Gasteiger partial charge in [0.15, 0.2) is 0 Å². The van der Waals surface area contributed by atoms with Crippen LogP contribution in [-0.4, -0.2) is 58.4 Å². The summed E-state index contributed by atoms with van der Waals surface area (Å²) in [5.74, 6) is -1.22. The lowest BCUT2D eigenvalue weighted by Gasteiger charge is -2.40. The van der Waals surface area contributed by atoms with E-state index in [1.165, 1.54) is 4.90 Å². The number of carbonyl (C=O) groups is 3. The number of hydrogen-bond acceptors (Lipinski definition) is 3. The Hall–Kier alpha value is -1.59. The van der Waals surface area contributed by atoms with Gasteiger partial charge in [-0.3, -0.25) is 9.59 Å². The maximum Gasteiger partial charge on any atom is 0.326 e. The standard InChI is InChI=1S/C17H28N2O4/c1-17(2,3)16(23)18-9-6-7-12(11-18)14(20)19-10-5-4-8-13(19)15(21)22/h12-13H,4-11H2,1-3H3,(H,21,22)/t12-,13+/m0/s1. The van der Waals surface area contributed by atoms with Gasteiger partial charge in [-0.05, 0) is 32.1 Å². The second-order valence-corrected chi connectivity index (χ2v) is 7.72. The number of carboxylic acid groups (broad SMARTS) is 1. The van der Waals surface area contributed by atoms with Crippen LogP contribution in [0.3, 0.4) is 0 Å².